The van der Waals surface area contributed by atoms with E-state index in [-0.39, 0.29) is 11.5 Å². The molecule has 2 aliphatic rings. The summed E-state index contributed by atoms with van der Waals surface area (Å²) in [5.74, 6) is -0.934. The lowest BCUT2D eigenvalue weighted by Gasteiger charge is -2.32. The molecule has 15 nitrogen and oxygen atoms in total. The van der Waals surface area contributed by atoms with E-state index in [4.69, 9.17) is 16.3 Å². The third-order valence-corrected chi connectivity index (χ3v) is 11.4. The van der Waals surface area contributed by atoms with Gasteiger partial charge in [-0.2, -0.15) is 10.2 Å². The number of hydrogen-bond donors (Lipinski definition) is 5. The summed E-state index contributed by atoms with van der Waals surface area (Å²) in [5, 5.41) is 31.4. The SMILES string of the molecule is CC(C)(C)OC(=O)n1c(-c2n[nH]c3cc(Cl)ccc23)cc2cc(C(=O)O)ccc21.CN1CCN(C(=O)c2ccc3[nH]c(-c4n[nH]c5ccccc45)cc3c2)CC1.CN1CCNCC1. The Kier molecular flexibility index (Phi) is 12.4. The largest absolute Gasteiger partial charge is 0.478 e. The average Bonchev–Trinajstić information content (AvgIpc) is 4.06. The minimum Gasteiger partial charge on any atom is -0.478 e. The van der Waals surface area contributed by atoms with E-state index >= 15 is 0 Å². The number of nitrogens with zero attached hydrogens (tertiary/aromatic N) is 6. The maximum Gasteiger partial charge on any atom is 0.419 e. The maximum absolute atomic E-state index is 13.0. The van der Waals surface area contributed by atoms with Crippen molar-refractivity contribution in [1.82, 2.24) is 50.0 Å². The van der Waals surface area contributed by atoms with Gasteiger partial charge in [0.2, 0.25) is 0 Å². The van der Waals surface area contributed by atoms with Gasteiger partial charge in [-0.05, 0) is 108 Å². The van der Waals surface area contributed by atoms with E-state index in [1.54, 1.807) is 45.0 Å². The number of carboxylic acid groups (broad SMARTS) is 1. The fourth-order valence-corrected chi connectivity index (χ4v) is 7.92. The summed E-state index contributed by atoms with van der Waals surface area (Å²) >= 11 is 6.06. The molecule has 0 bridgehead atoms. The summed E-state index contributed by atoms with van der Waals surface area (Å²) < 4.78 is 7.00. The first-order valence-corrected chi connectivity index (χ1v) is 21.3. The number of aromatic amines is 3. The number of benzene rings is 4. The Morgan fingerprint density at radius 1 is 0.698 bits per heavy atom. The van der Waals surface area contributed by atoms with E-state index in [1.165, 1.54) is 29.8 Å². The molecule has 63 heavy (non-hydrogen) atoms. The highest BCUT2D eigenvalue weighted by atomic mass is 35.5. The molecule has 0 atom stereocenters. The molecule has 2 fully saturated rings. The number of aromatic carboxylic acids is 1. The zero-order valence-electron chi connectivity index (χ0n) is 36.0. The molecule has 6 heterocycles. The lowest BCUT2D eigenvalue weighted by Crippen LogP contribution is -2.47. The van der Waals surface area contributed by atoms with Crippen LogP contribution in [0.15, 0.2) is 91.0 Å². The van der Waals surface area contributed by atoms with Crippen molar-refractivity contribution in [1.29, 1.82) is 0 Å². The first-order chi connectivity index (χ1) is 30.2. The first kappa shape index (κ1) is 43.1. The van der Waals surface area contributed by atoms with Gasteiger partial charge in [-0.25, -0.2) is 14.2 Å². The van der Waals surface area contributed by atoms with Crippen LogP contribution in [-0.4, -0.2) is 140 Å². The van der Waals surface area contributed by atoms with Crippen LogP contribution >= 0.6 is 11.6 Å². The molecule has 2 aliphatic heterocycles. The van der Waals surface area contributed by atoms with E-state index in [0.717, 1.165) is 88.9 Å². The maximum atomic E-state index is 13.0. The van der Waals surface area contributed by atoms with Crippen molar-refractivity contribution >= 4 is 73.2 Å². The Labute approximate surface area is 368 Å². The van der Waals surface area contributed by atoms with Crippen LogP contribution in [-0.2, 0) is 4.74 Å². The summed E-state index contributed by atoms with van der Waals surface area (Å²) in [5.41, 5.74) is 6.32. The van der Waals surface area contributed by atoms with Crippen molar-refractivity contribution in [2.24, 2.45) is 0 Å². The summed E-state index contributed by atoms with van der Waals surface area (Å²) in [4.78, 5) is 47.2. The number of halogens is 1. The van der Waals surface area contributed by atoms with Crippen molar-refractivity contribution in [3.05, 3.63) is 107 Å². The number of nitrogens with one attached hydrogen (secondary N) is 4. The van der Waals surface area contributed by atoms with Gasteiger partial charge in [0.05, 0.1) is 33.5 Å². The summed E-state index contributed by atoms with van der Waals surface area (Å²) in [6, 6.07) is 27.6. The fraction of sp³-hybridized carbons (Fsp3) is 0.298. The quantitative estimate of drug-likeness (QED) is 0.117. The van der Waals surface area contributed by atoms with Gasteiger partial charge in [-0.15, -0.1) is 0 Å². The number of hydrogen-bond acceptors (Lipinski definition) is 9. The van der Waals surface area contributed by atoms with Crippen molar-refractivity contribution in [2.75, 3.05) is 66.5 Å². The molecule has 10 rings (SSSR count). The van der Waals surface area contributed by atoms with Gasteiger partial charge < -0.3 is 34.8 Å². The van der Waals surface area contributed by atoms with Gasteiger partial charge in [-0.1, -0.05) is 29.8 Å². The second-order valence-corrected chi connectivity index (χ2v) is 17.4. The molecule has 5 N–H and O–H groups in total. The van der Waals surface area contributed by atoms with Crippen molar-refractivity contribution < 1.29 is 24.2 Å². The summed E-state index contributed by atoms with van der Waals surface area (Å²) in [7, 11) is 4.24. The third-order valence-electron chi connectivity index (χ3n) is 11.1. The Morgan fingerprint density at radius 3 is 2.08 bits per heavy atom. The van der Waals surface area contributed by atoms with Crippen LogP contribution in [0.5, 0.6) is 0 Å². The molecule has 326 valence electrons. The second-order valence-electron chi connectivity index (χ2n) is 16.9. The highest BCUT2D eigenvalue weighted by molar-refractivity contribution is 6.31. The van der Waals surface area contributed by atoms with Crippen LogP contribution in [0.4, 0.5) is 4.79 Å². The van der Waals surface area contributed by atoms with Gasteiger partial charge in [0, 0.05) is 90.0 Å². The van der Waals surface area contributed by atoms with Gasteiger partial charge in [0.1, 0.15) is 17.0 Å². The van der Waals surface area contributed by atoms with Gasteiger partial charge in [-0.3, -0.25) is 15.0 Å². The fourth-order valence-electron chi connectivity index (χ4n) is 7.74. The predicted octanol–water partition coefficient (Wildman–Crippen LogP) is 7.94. The van der Waals surface area contributed by atoms with E-state index in [1.807, 2.05) is 47.4 Å². The van der Waals surface area contributed by atoms with Crippen molar-refractivity contribution in [2.45, 2.75) is 26.4 Å². The minimum atomic E-state index is -1.04. The average molecular weight is 871 g/mol. The molecule has 0 unspecified atom stereocenters. The third kappa shape index (κ3) is 9.61. The Balaban J connectivity index is 0.000000150. The van der Waals surface area contributed by atoms with Gasteiger partial charge in [0.15, 0.2) is 0 Å². The molecule has 16 heteroatoms. The highest BCUT2D eigenvalue weighted by Gasteiger charge is 2.26. The number of aromatic nitrogens is 6. The standard InChI is InChI=1S/C21H18ClN3O4.C21H21N5O.C5H12N2/c1-21(2,3)29-20(28)25-16-7-4-11(19(26)27)8-12(16)9-17(25)18-14-6-5-13(22)10-15(14)23-24-18;1-25-8-10-26(11-9-25)21(27)14-6-7-17-15(12-14)13-19(22-17)20-16-4-2-3-5-18(16)23-24-20;1-7-4-2-6-3-5-7/h4-10H,1-3H3,(H,23,24)(H,26,27);2-7,12-13,22H,8-11H2,1H3,(H,23,24);6H,2-5H2,1H3. The Hall–Kier alpha value is -6.52. The van der Waals surface area contributed by atoms with Crippen LogP contribution in [0.25, 0.3) is 66.4 Å². The van der Waals surface area contributed by atoms with Crippen LogP contribution in [0.1, 0.15) is 41.5 Å². The molecule has 2 saturated heterocycles. The van der Waals surface area contributed by atoms with E-state index in [9.17, 15) is 19.5 Å². The van der Waals surface area contributed by atoms with Gasteiger partial charge >= 0.3 is 12.1 Å². The summed E-state index contributed by atoms with van der Waals surface area (Å²) in [6.07, 6.45) is -0.573. The molecule has 1 amide bonds. The lowest BCUT2D eigenvalue weighted by atomic mass is 10.1. The molecule has 8 aromatic rings. The number of piperazine rings is 2. The molecule has 4 aromatic heterocycles. The van der Waals surface area contributed by atoms with Crippen LogP contribution < -0.4 is 5.32 Å². The molecule has 0 aliphatic carbocycles. The van der Waals surface area contributed by atoms with Crippen LogP contribution in [0.3, 0.4) is 0 Å². The smallest absolute Gasteiger partial charge is 0.419 e. The number of carboxylic acids is 1. The predicted molar refractivity (Wildman–Crippen MR) is 248 cm³/mol. The topological polar surface area (TPSA) is 180 Å². The van der Waals surface area contributed by atoms with E-state index in [0.29, 0.717) is 27.3 Å². The van der Waals surface area contributed by atoms with E-state index < -0.39 is 17.7 Å². The van der Waals surface area contributed by atoms with Crippen LogP contribution in [0, 0.1) is 0 Å². The zero-order chi connectivity index (χ0) is 44.4. The van der Waals surface area contributed by atoms with Crippen LogP contribution in [0.2, 0.25) is 5.02 Å². The highest BCUT2D eigenvalue weighted by Crippen LogP contribution is 2.34. The number of ether oxygens (including phenoxy) is 1. The first-order valence-electron chi connectivity index (χ1n) is 20.9. The monoisotopic (exact) mass is 870 g/mol. The lowest BCUT2D eigenvalue weighted by molar-refractivity contribution is 0.0546. The zero-order valence-corrected chi connectivity index (χ0v) is 36.7. The number of amides is 1. The van der Waals surface area contributed by atoms with E-state index in [2.05, 4.69) is 66.7 Å². The molecular weight excluding hydrogens is 820 g/mol. The molecule has 0 spiro atoms. The van der Waals surface area contributed by atoms with Gasteiger partial charge in [0.25, 0.3) is 5.91 Å². The normalized spacial score (nSPS) is 15.0. The molecule has 0 radical (unpaired) electrons. The van der Waals surface area contributed by atoms with Crippen molar-refractivity contribution in [3.63, 3.8) is 0 Å². The Morgan fingerprint density at radius 2 is 1.37 bits per heavy atom. The molecule has 0 saturated carbocycles. The number of H-pyrrole nitrogens is 3. The number of carbonyl (C=O) groups is 3. The number of para-hydroxylation sites is 1. The minimum absolute atomic E-state index is 0.109. The number of rotatable bonds is 4. The number of likely N-dealkylation sites (N-methyl/N-ethyl adjacent to an activating group) is 2. The molecule has 4 aromatic carbocycles. The number of fused-ring (bicyclic) bond motifs is 4. The second kappa shape index (κ2) is 18.1. The summed E-state index contributed by atoms with van der Waals surface area (Å²) in [6.45, 7) is 13.5. The van der Waals surface area contributed by atoms with Crippen molar-refractivity contribution in [3.8, 4) is 22.8 Å². The number of carbonyl (C=O) groups excluding carboxylic acids is 2. The Bertz CT molecular complexity index is 2940. The molecular formula is C47H51ClN10O5.